The number of aldehydes is 1. The van der Waals surface area contributed by atoms with E-state index in [1.54, 1.807) is 47.2 Å². The average molecular weight is 248 g/mol. The second-order valence-corrected chi connectivity index (χ2v) is 4.05. The van der Waals surface area contributed by atoms with Gasteiger partial charge in [-0.25, -0.2) is 0 Å². The van der Waals surface area contributed by atoms with Crippen LogP contribution in [0.15, 0.2) is 42.6 Å². The van der Waals surface area contributed by atoms with Gasteiger partial charge in [0.15, 0.2) is 12.1 Å². The first-order chi connectivity index (χ1) is 8.20. The smallest absolute Gasteiger partial charge is 0.182 e. The Kier molecular flexibility index (Phi) is 3.40. The van der Waals surface area contributed by atoms with Gasteiger partial charge in [-0.1, -0.05) is 11.6 Å². The third kappa shape index (κ3) is 2.63. The lowest BCUT2D eigenvalue weighted by Gasteiger charge is -2.04. The molecule has 2 aromatic rings. The van der Waals surface area contributed by atoms with Crippen LogP contribution in [0, 0.1) is 0 Å². The highest BCUT2D eigenvalue weighted by Gasteiger charge is 2.08. The second-order valence-electron chi connectivity index (χ2n) is 3.61. The Hall–Kier alpha value is -1.87. The van der Waals surface area contributed by atoms with Crippen LogP contribution in [-0.4, -0.2) is 16.6 Å². The molecule has 0 bridgehead atoms. The number of halogens is 1. The number of hydrogen-bond donors (Lipinski definition) is 0. The van der Waals surface area contributed by atoms with Gasteiger partial charge in [0, 0.05) is 16.8 Å². The molecule has 3 nitrogen and oxygen atoms in total. The van der Waals surface area contributed by atoms with Gasteiger partial charge in [0.2, 0.25) is 0 Å². The van der Waals surface area contributed by atoms with Gasteiger partial charge in [0.05, 0.1) is 12.2 Å². The Labute approximate surface area is 104 Å². The average Bonchev–Trinajstić information content (AvgIpc) is 2.77. The molecule has 4 heteroatoms. The predicted octanol–water partition coefficient (Wildman–Crippen LogP) is 2.84. The van der Waals surface area contributed by atoms with Crippen molar-refractivity contribution in [2.75, 3.05) is 0 Å². The molecular weight excluding hydrogens is 238 g/mol. The molecule has 0 radical (unpaired) electrons. The minimum Gasteiger partial charge on any atom is -0.338 e. The third-order valence-corrected chi connectivity index (χ3v) is 2.72. The summed E-state index contributed by atoms with van der Waals surface area (Å²) in [5.41, 5.74) is 1.08. The molecule has 0 atom stereocenters. The van der Waals surface area contributed by atoms with E-state index in [0.717, 1.165) is 6.29 Å². The first kappa shape index (κ1) is 11.6. The van der Waals surface area contributed by atoms with Crippen LogP contribution in [0.3, 0.4) is 0 Å². The Morgan fingerprint density at radius 1 is 1.24 bits per heavy atom. The lowest BCUT2D eigenvalue weighted by molar-refractivity contribution is 0.0971. The van der Waals surface area contributed by atoms with Crippen LogP contribution >= 0.6 is 11.6 Å². The highest BCUT2D eigenvalue weighted by atomic mass is 35.5. The van der Waals surface area contributed by atoms with Crippen molar-refractivity contribution in [1.82, 2.24) is 4.57 Å². The number of carbonyl (C=O) groups excluding carboxylic acids is 2. The number of aromatic nitrogens is 1. The zero-order valence-electron chi connectivity index (χ0n) is 8.97. The maximum Gasteiger partial charge on any atom is 0.182 e. The van der Waals surface area contributed by atoms with Crippen LogP contribution in [-0.2, 0) is 6.54 Å². The molecule has 2 rings (SSSR count). The summed E-state index contributed by atoms with van der Waals surface area (Å²) in [7, 11) is 0. The maximum absolute atomic E-state index is 11.9. The van der Waals surface area contributed by atoms with Crippen LogP contribution in [0.5, 0.6) is 0 Å². The maximum atomic E-state index is 11.9. The molecule has 0 amide bonds. The standard InChI is InChI=1S/C13H10ClNO2/c14-11-5-3-10(4-6-11)13(17)8-15-7-1-2-12(15)9-16/h1-7,9H,8H2. The molecule has 1 aromatic heterocycles. The van der Waals surface area contributed by atoms with Crippen LogP contribution in [0.25, 0.3) is 0 Å². The Morgan fingerprint density at radius 2 is 1.94 bits per heavy atom. The lowest BCUT2D eigenvalue weighted by Crippen LogP contribution is -2.11. The van der Waals surface area contributed by atoms with Crippen molar-refractivity contribution in [2.24, 2.45) is 0 Å². The molecule has 0 aliphatic carbocycles. The Balaban J connectivity index is 2.17. The molecule has 0 aliphatic rings. The zero-order chi connectivity index (χ0) is 12.3. The van der Waals surface area contributed by atoms with E-state index < -0.39 is 0 Å². The molecule has 1 aromatic carbocycles. The summed E-state index contributed by atoms with van der Waals surface area (Å²) in [6, 6.07) is 10.1. The molecule has 0 aliphatic heterocycles. The SMILES string of the molecule is O=Cc1cccn1CC(=O)c1ccc(Cl)cc1. The van der Waals surface area contributed by atoms with Crippen LogP contribution in [0.1, 0.15) is 20.8 Å². The molecule has 1 heterocycles. The predicted molar refractivity (Wildman–Crippen MR) is 65.6 cm³/mol. The largest absolute Gasteiger partial charge is 0.338 e. The summed E-state index contributed by atoms with van der Waals surface area (Å²) in [6.45, 7) is 0.155. The van der Waals surface area contributed by atoms with E-state index >= 15 is 0 Å². The topological polar surface area (TPSA) is 39.1 Å². The molecule has 0 saturated carbocycles. The summed E-state index contributed by atoms with van der Waals surface area (Å²) in [5.74, 6) is -0.0547. The number of nitrogens with zero attached hydrogens (tertiary/aromatic N) is 1. The van der Waals surface area contributed by atoms with Crippen LogP contribution in [0.4, 0.5) is 0 Å². The molecule has 0 fully saturated rings. The third-order valence-electron chi connectivity index (χ3n) is 2.47. The van der Waals surface area contributed by atoms with Crippen LogP contribution < -0.4 is 0 Å². The number of Topliss-reactive ketones (excluding diaryl/α,β-unsaturated/α-hetero) is 1. The van der Waals surface area contributed by atoms with E-state index in [1.165, 1.54) is 0 Å². The fraction of sp³-hybridized carbons (Fsp3) is 0.0769. The zero-order valence-corrected chi connectivity index (χ0v) is 9.72. The van der Waals surface area contributed by atoms with Gasteiger partial charge in [-0.3, -0.25) is 9.59 Å². The Bertz CT molecular complexity index is 543. The molecule has 0 N–H and O–H groups in total. The van der Waals surface area contributed by atoms with Gasteiger partial charge < -0.3 is 4.57 Å². The van der Waals surface area contributed by atoms with Crippen molar-refractivity contribution in [3.63, 3.8) is 0 Å². The van der Waals surface area contributed by atoms with Crippen LogP contribution in [0.2, 0.25) is 5.02 Å². The van der Waals surface area contributed by atoms with Gasteiger partial charge in [-0.15, -0.1) is 0 Å². The number of ketones is 1. The molecule has 17 heavy (non-hydrogen) atoms. The van der Waals surface area contributed by atoms with Crippen molar-refractivity contribution in [3.8, 4) is 0 Å². The molecule has 0 spiro atoms. The lowest BCUT2D eigenvalue weighted by atomic mass is 10.1. The van der Waals surface area contributed by atoms with E-state index in [4.69, 9.17) is 11.6 Å². The summed E-state index contributed by atoms with van der Waals surface area (Å²) >= 11 is 5.74. The van der Waals surface area contributed by atoms with Crippen molar-refractivity contribution in [2.45, 2.75) is 6.54 Å². The van der Waals surface area contributed by atoms with E-state index in [2.05, 4.69) is 0 Å². The highest BCUT2D eigenvalue weighted by molar-refractivity contribution is 6.30. The number of carbonyl (C=O) groups is 2. The normalized spacial score (nSPS) is 10.2. The van der Waals surface area contributed by atoms with Gasteiger partial charge in [0.25, 0.3) is 0 Å². The van der Waals surface area contributed by atoms with E-state index in [9.17, 15) is 9.59 Å². The quantitative estimate of drug-likeness (QED) is 0.616. The van der Waals surface area contributed by atoms with Crippen molar-refractivity contribution in [1.29, 1.82) is 0 Å². The first-order valence-electron chi connectivity index (χ1n) is 5.10. The van der Waals surface area contributed by atoms with Gasteiger partial charge in [-0.05, 0) is 36.4 Å². The van der Waals surface area contributed by atoms with E-state index in [0.29, 0.717) is 16.3 Å². The minimum atomic E-state index is -0.0547. The van der Waals surface area contributed by atoms with E-state index in [1.807, 2.05) is 0 Å². The molecular formula is C13H10ClNO2. The molecule has 0 saturated heterocycles. The van der Waals surface area contributed by atoms with Gasteiger partial charge >= 0.3 is 0 Å². The summed E-state index contributed by atoms with van der Waals surface area (Å²) in [5, 5.41) is 0.594. The summed E-state index contributed by atoms with van der Waals surface area (Å²) < 4.78 is 1.62. The van der Waals surface area contributed by atoms with Crippen molar-refractivity contribution < 1.29 is 9.59 Å². The minimum absolute atomic E-state index is 0.0547. The van der Waals surface area contributed by atoms with E-state index in [-0.39, 0.29) is 12.3 Å². The first-order valence-corrected chi connectivity index (χ1v) is 5.47. The summed E-state index contributed by atoms with van der Waals surface area (Å²) in [6.07, 6.45) is 2.44. The molecule has 0 unspecified atom stereocenters. The number of benzene rings is 1. The van der Waals surface area contributed by atoms with Crippen molar-refractivity contribution >= 4 is 23.7 Å². The second kappa shape index (κ2) is 4.97. The van der Waals surface area contributed by atoms with Crippen molar-refractivity contribution in [3.05, 3.63) is 58.9 Å². The fourth-order valence-corrected chi connectivity index (χ4v) is 1.69. The Morgan fingerprint density at radius 3 is 2.59 bits per heavy atom. The number of hydrogen-bond acceptors (Lipinski definition) is 2. The van der Waals surface area contributed by atoms with Gasteiger partial charge in [-0.2, -0.15) is 0 Å². The monoisotopic (exact) mass is 247 g/mol. The summed E-state index contributed by atoms with van der Waals surface area (Å²) in [4.78, 5) is 22.6. The number of rotatable bonds is 4. The molecule has 86 valence electrons. The highest BCUT2D eigenvalue weighted by Crippen LogP contribution is 2.11. The van der Waals surface area contributed by atoms with Gasteiger partial charge in [0.1, 0.15) is 0 Å². The fourth-order valence-electron chi connectivity index (χ4n) is 1.56.